The van der Waals surface area contributed by atoms with Gasteiger partial charge >= 0.3 is 5.76 Å². The molecule has 0 spiro atoms. The SMILES string of the molecule is CC(C)C(C)NC(=O)Cn1c(=O)oc2ccc(N)cc21. The molecule has 3 N–H and O–H groups in total. The number of fused-ring (bicyclic) bond motifs is 1. The number of nitrogens with zero attached hydrogens (tertiary/aromatic N) is 1. The van der Waals surface area contributed by atoms with Crippen LogP contribution < -0.4 is 16.8 Å². The van der Waals surface area contributed by atoms with Crippen molar-refractivity contribution in [1.82, 2.24) is 9.88 Å². The van der Waals surface area contributed by atoms with E-state index in [1.165, 1.54) is 4.57 Å². The summed E-state index contributed by atoms with van der Waals surface area (Å²) >= 11 is 0. The van der Waals surface area contributed by atoms with Crippen LogP contribution >= 0.6 is 0 Å². The van der Waals surface area contributed by atoms with Crippen LogP contribution in [0.3, 0.4) is 0 Å². The third-order valence-corrected chi connectivity index (χ3v) is 3.38. The zero-order valence-electron chi connectivity index (χ0n) is 11.8. The maximum absolute atomic E-state index is 12.0. The monoisotopic (exact) mass is 277 g/mol. The molecule has 0 aliphatic heterocycles. The summed E-state index contributed by atoms with van der Waals surface area (Å²) in [6.45, 7) is 5.89. The van der Waals surface area contributed by atoms with E-state index in [-0.39, 0.29) is 18.5 Å². The molecular weight excluding hydrogens is 258 g/mol. The summed E-state index contributed by atoms with van der Waals surface area (Å²) in [7, 11) is 0. The molecule has 1 aromatic heterocycles. The topological polar surface area (TPSA) is 90.3 Å². The number of carbonyl (C=O) groups is 1. The molecule has 1 heterocycles. The first-order valence-corrected chi connectivity index (χ1v) is 6.56. The van der Waals surface area contributed by atoms with E-state index in [2.05, 4.69) is 5.32 Å². The molecule has 6 heteroatoms. The van der Waals surface area contributed by atoms with Crippen molar-refractivity contribution in [3.8, 4) is 0 Å². The number of hydrogen-bond acceptors (Lipinski definition) is 4. The van der Waals surface area contributed by atoms with Crippen LogP contribution in [-0.2, 0) is 11.3 Å². The third-order valence-electron chi connectivity index (χ3n) is 3.38. The molecule has 0 bridgehead atoms. The van der Waals surface area contributed by atoms with Gasteiger partial charge in [0.15, 0.2) is 5.58 Å². The average molecular weight is 277 g/mol. The van der Waals surface area contributed by atoms with Crippen LogP contribution in [0, 0.1) is 5.92 Å². The van der Waals surface area contributed by atoms with Gasteiger partial charge < -0.3 is 15.5 Å². The largest absolute Gasteiger partial charge is 0.420 e. The van der Waals surface area contributed by atoms with E-state index in [0.29, 0.717) is 22.7 Å². The zero-order valence-corrected chi connectivity index (χ0v) is 11.8. The molecule has 20 heavy (non-hydrogen) atoms. The summed E-state index contributed by atoms with van der Waals surface area (Å²) in [6.07, 6.45) is 0. The molecule has 2 rings (SSSR count). The Hall–Kier alpha value is -2.24. The molecule has 0 aliphatic rings. The van der Waals surface area contributed by atoms with Crippen molar-refractivity contribution in [3.63, 3.8) is 0 Å². The fraction of sp³-hybridized carbons (Fsp3) is 0.429. The van der Waals surface area contributed by atoms with Gasteiger partial charge in [-0.15, -0.1) is 0 Å². The molecule has 1 atom stereocenters. The van der Waals surface area contributed by atoms with Gasteiger partial charge in [-0.25, -0.2) is 4.79 Å². The third kappa shape index (κ3) is 2.84. The summed E-state index contributed by atoms with van der Waals surface area (Å²) in [5.74, 6) is -0.455. The first-order chi connectivity index (χ1) is 9.38. The standard InChI is InChI=1S/C14H19N3O3/c1-8(2)9(3)16-13(18)7-17-11-6-10(15)4-5-12(11)20-14(17)19/h4-6,8-9H,7,15H2,1-3H3,(H,16,18). The molecule has 0 radical (unpaired) electrons. The Labute approximate surface area is 116 Å². The number of amides is 1. The highest BCUT2D eigenvalue weighted by molar-refractivity contribution is 5.81. The maximum atomic E-state index is 12.0. The molecular formula is C14H19N3O3. The second-order valence-corrected chi connectivity index (χ2v) is 5.28. The van der Waals surface area contributed by atoms with E-state index in [0.717, 1.165) is 0 Å². The zero-order chi connectivity index (χ0) is 14.9. The van der Waals surface area contributed by atoms with Crippen LogP contribution in [0.1, 0.15) is 20.8 Å². The fourth-order valence-electron chi connectivity index (χ4n) is 1.84. The minimum Gasteiger partial charge on any atom is -0.408 e. The number of nitrogens with two attached hydrogens (primary N) is 1. The van der Waals surface area contributed by atoms with Crippen molar-refractivity contribution in [1.29, 1.82) is 0 Å². The first kappa shape index (κ1) is 14.2. The van der Waals surface area contributed by atoms with E-state index in [1.54, 1.807) is 18.2 Å². The van der Waals surface area contributed by atoms with Crippen molar-refractivity contribution in [3.05, 3.63) is 28.7 Å². The van der Waals surface area contributed by atoms with E-state index in [9.17, 15) is 9.59 Å². The molecule has 2 aromatic rings. The summed E-state index contributed by atoms with van der Waals surface area (Å²) in [4.78, 5) is 23.7. The summed E-state index contributed by atoms with van der Waals surface area (Å²) < 4.78 is 6.36. The number of rotatable bonds is 4. The van der Waals surface area contributed by atoms with Crippen LogP contribution in [0.5, 0.6) is 0 Å². The maximum Gasteiger partial charge on any atom is 0.420 e. The van der Waals surface area contributed by atoms with E-state index in [4.69, 9.17) is 10.2 Å². The Balaban J connectivity index is 2.25. The predicted octanol–water partition coefficient (Wildman–Crippen LogP) is 1.34. The van der Waals surface area contributed by atoms with Gasteiger partial charge in [-0.2, -0.15) is 0 Å². The van der Waals surface area contributed by atoms with Gasteiger partial charge in [-0.05, 0) is 31.0 Å². The molecule has 0 saturated carbocycles. The smallest absolute Gasteiger partial charge is 0.408 e. The lowest BCUT2D eigenvalue weighted by Crippen LogP contribution is -2.39. The minimum atomic E-state index is -0.557. The summed E-state index contributed by atoms with van der Waals surface area (Å²) in [5.41, 5.74) is 7.17. The lowest BCUT2D eigenvalue weighted by molar-refractivity contribution is -0.122. The van der Waals surface area contributed by atoms with Crippen molar-refractivity contribution in [2.75, 3.05) is 5.73 Å². The van der Waals surface area contributed by atoms with Gasteiger partial charge in [-0.1, -0.05) is 13.8 Å². The molecule has 6 nitrogen and oxygen atoms in total. The number of benzene rings is 1. The predicted molar refractivity (Wildman–Crippen MR) is 77.3 cm³/mol. The molecule has 0 saturated heterocycles. The highest BCUT2D eigenvalue weighted by atomic mass is 16.4. The van der Waals surface area contributed by atoms with Crippen LogP contribution in [-0.4, -0.2) is 16.5 Å². The highest BCUT2D eigenvalue weighted by Gasteiger charge is 2.15. The molecule has 0 aliphatic carbocycles. The number of aromatic nitrogens is 1. The van der Waals surface area contributed by atoms with Gasteiger partial charge in [0.1, 0.15) is 6.54 Å². The fourth-order valence-corrected chi connectivity index (χ4v) is 1.84. The average Bonchev–Trinajstić information content (AvgIpc) is 2.66. The van der Waals surface area contributed by atoms with Crippen molar-refractivity contribution in [2.45, 2.75) is 33.4 Å². The number of nitrogens with one attached hydrogen (secondary N) is 1. The van der Waals surface area contributed by atoms with E-state index >= 15 is 0 Å². The Morgan fingerprint density at radius 3 is 2.75 bits per heavy atom. The van der Waals surface area contributed by atoms with Crippen molar-refractivity contribution >= 4 is 22.7 Å². The lowest BCUT2D eigenvalue weighted by atomic mass is 10.1. The van der Waals surface area contributed by atoms with Crippen LogP contribution in [0.4, 0.5) is 5.69 Å². The van der Waals surface area contributed by atoms with Gasteiger partial charge in [0, 0.05) is 11.7 Å². The van der Waals surface area contributed by atoms with Crippen molar-refractivity contribution in [2.24, 2.45) is 5.92 Å². The minimum absolute atomic E-state index is 0.0430. The molecule has 1 amide bonds. The highest BCUT2D eigenvalue weighted by Crippen LogP contribution is 2.16. The van der Waals surface area contributed by atoms with Gasteiger partial charge in [0.2, 0.25) is 5.91 Å². The van der Waals surface area contributed by atoms with Crippen molar-refractivity contribution < 1.29 is 9.21 Å². The number of carbonyl (C=O) groups excluding carboxylic acids is 1. The molecule has 1 unspecified atom stereocenters. The van der Waals surface area contributed by atoms with E-state index < -0.39 is 5.76 Å². The first-order valence-electron chi connectivity index (χ1n) is 6.56. The van der Waals surface area contributed by atoms with Gasteiger partial charge in [0.25, 0.3) is 0 Å². The van der Waals surface area contributed by atoms with Crippen LogP contribution in [0.25, 0.3) is 11.1 Å². The van der Waals surface area contributed by atoms with Gasteiger partial charge in [-0.3, -0.25) is 9.36 Å². The summed E-state index contributed by atoms with van der Waals surface area (Å²) in [6, 6.07) is 4.94. The van der Waals surface area contributed by atoms with E-state index in [1.807, 2.05) is 20.8 Å². The number of nitrogen functional groups attached to an aromatic ring is 1. The Morgan fingerprint density at radius 2 is 2.10 bits per heavy atom. The molecule has 0 fully saturated rings. The van der Waals surface area contributed by atoms with Crippen LogP contribution in [0.15, 0.2) is 27.4 Å². The number of hydrogen-bond donors (Lipinski definition) is 2. The summed E-state index contributed by atoms with van der Waals surface area (Å²) in [5, 5.41) is 2.85. The Morgan fingerprint density at radius 1 is 1.40 bits per heavy atom. The Kier molecular flexibility index (Phi) is 3.83. The normalized spacial score (nSPS) is 12.8. The lowest BCUT2D eigenvalue weighted by Gasteiger charge is -2.17. The van der Waals surface area contributed by atoms with Crippen LogP contribution in [0.2, 0.25) is 0 Å². The van der Waals surface area contributed by atoms with Gasteiger partial charge in [0.05, 0.1) is 5.52 Å². The number of anilines is 1. The molecule has 108 valence electrons. The second-order valence-electron chi connectivity index (χ2n) is 5.28. The quantitative estimate of drug-likeness (QED) is 0.825. The number of oxazole rings is 1. The Bertz CT molecular complexity index is 685. The molecule has 1 aromatic carbocycles. The second kappa shape index (κ2) is 5.40.